The van der Waals surface area contributed by atoms with Crippen molar-refractivity contribution in [2.45, 2.75) is 68.1 Å². The third-order valence-corrected chi connectivity index (χ3v) is 8.40. The number of nitrogens with zero attached hydrogens (tertiary/aromatic N) is 2. The zero-order chi connectivity index (χ0) is 28.5. The predicted molar refractivity (Wildman–Crippen MR) is 164 cm³/mol. The molecule has 1 radical (unpaired) electrons. The van der Waals surface area contributed by atoms with Gasteiger partial charge in [0.2, 0.25) is 0 Å². The molecule has 209 valence electrons. The molecule has 39 heavy (non-hydrogen) atoms. The molecule has 1 N–H and O–H groups in total. The minimum Gasteiger partial charge on any atom is -0.512 e. The molecule has 4 aromatic rings. The van der Waals surface area contributed by atoms with Crippen LogP contribution in [0.5, 0.6) is 0 Å². The van der Waals surface area contributed by atoms with E-state index in [-0.39, 0.29) is 37.1 Å². The number of aliphatic hydroxyl groups is 1. The number of carbonyl (C=O) groups excluding carboxylic acids is 1. The van der Waals surface area contributed by atoms with Crippen molar-refractivity contribution < 1.29 is 30.0 Å². The van der Waals surface area contributed by atoms with E-state index >= 15 is 0 Å². The van der Waals surface area contributed by atoms with Crippen LogP contribution in [-0.4, -0.2) is 28.9 Å². The van der Waals surface area contributed by atoms with E-state index in [2.05, 4.69) is 62.1 Å². The maximum Gasteiger partial charge on any atom is 0.164 e. The summed E-state index contributed by atoms with van der Waals surface area (Å²) in [6.45, 7) is 20.3. The molecule has 4 nitrogen and oxygen atoms in total. The van der Waals surface area contributed by atoms with Gasteiger partial charge in [0, 0.05) is 42.4 Å². The first kappa shape index (κ1) is 32.5. The van der Waals surface area contributed by atoms with Gasteiger partial charge in [0.1, 0.15) is 11.6 Å². The van der Waals surface area contributed by atoms with Gasteiger partial charge in [0.25, 0.3) is 0 Å². The van der Waals surface area contributed by atoms with Crippen molar-refractivity contribution in [1.82, 2.24) is 9.97 Å². The van der Waals surface area contributed by atoms with Gasteiger partial charge in [-0.05, 0) is 23.4 Å². The van der Waals surface area contributed by atoms with Crippen LogP contribution in [0, 0.1) is 23.8 Å². The molecule has 0 aliphatic carbocycles. The average molecular weight is 718 g/mol. The molecule has 0 saturated carbocycles. The van der Waals surface area contributed by atoms with E-state index in [1.807, 2.05) is 66.7 Å². The Morgan fingerprint density at radius 2 is 1.56 bits per heavy atom. The summed E-state index contributed by atoms with van der Waals surface area (Å²) < 4.78 is 0. The number of aromatic nitrogens is 2. The predicted octanol–water partition coefficient (Wildman–Crippen LogP) is 8.19. The number of hydrogen-bond donors (Lipinski definition) is 1. The zero-order valence-electron chi connectivity index (χ0n) is 24.9. The Labute approximate surface area is 248 Å². The van der Waals surface area contributed by atoms with Crippen LogP contribution in [0.1, 0.15) is 47.4 Å². The summed E-state index contributed by atoms with van der Waals surface area (Å²) in [5.74, 6) is 0.907. The van der Waals surface area contributed by atoms with E-state index in [4.69, 9.17) is 9.97 Å². The van der Waals surface area contributed by atoms with E-state index in [1.165, 1.54) is 22.0 Å². The Morgan fingerprint density at radius 1 is 0.897 bits per heavy atom. The molecule has 0 unspecified atom stereocenters. The molecule has 1 heterocycles. The minimum absolute atomic E-state index is 0. The Balaban J connectivity index is 0.000000328. The molecule has 0 bridgehead atoms. The van der Waals surface area contributed by atoms with Crippen molar-refractivity contribution in [2.24, 2.45) is 10.8 Å². The van der Waals surface area contributed by atoms with Crippen LogP contribution in [0.2, 0.25) is 19.6 Å². The summed E-state index contributed by atoms with van der Waals surface area (Å²) in [6, 6.07) is 22.3. The molecule has 0 saturated heterocycles. The van der Waals surface area contributed by atoms with Gasteiger partial charge in [0.05, 0.1) is 13.6 Å². The molecule has 0 spiro atoms. The number of ketones is 1. The zero-order valence-corrected chi connectivity index (χ0v) is 28.3. The molecule has 0 atom stereocenters. The van der Waals surface area contributed by atoms with Crippen molar-refractivity contribution in [3.05, 3.63) is 78.3 Å². The molecular formula is C33H41IrN2O2Si-. The third-order valence-electron chi connectivity index (χ3n) is 6.37. The number of aliphatic hydroxyl groups excluding tert-OH is 1. The van der Waals surface area contributed by atoms with Gasteiger partial charge >= 0.3 is 0 Å². The minimum atomic E-state index is -1.50. The van der Waals surface area contributed by atoms with Crippen molar-refractivity contribution in [3.63, 3.8) is 0 Å². The Kier molecular flexibility index (Phi) is 10.2. The van der Waals surface area contributed by atoms with Gasteiger partial charge < -0.3 is 5.11 Å². The SMILES string of the molecule is CC(C)(C)C(=O)/C=C(\O)C(C)(C)C.Cc1nc(-c2[c-]cccc2)c2ccc3cccc([Si](C)(C)C)c3c2n1.[Ir]. The fraction of sp³-hybridized carbons (Fsp3) is 0.364. The van der Waals surface area contributed by atoms with Gasteiger partial charge in [-0.3, -0.25) is 9.78 Å². The molecule has 3 aromatic carbocycles. The second kappa shape index (κ2) is 12.2. The topological polar surface area (TPSA) is 63.1 Å². The Hall–Kier alpha value is -2.66. The number of carbonyl (C=O) groups is 1. The van der Waals surface area contributed by atoms with Crippen molar-refractivity contribution in [2.75, 3.05) is 0 Å². The van der Waals surface area contributed by atoms with Crippen LogP contribution < -0.4 is 5.19 Å². The summed E-state index contributed by atoms with van der Waals surface area (Å²) >= 11 is 0. The summed E-state index contributed by atoms with van der Waals surface area (Å²) in [4.78, 5) is 21.1. The molecule has 6 heteroatoms. The van der Waals surface area contributed by atoms with Crippen LogP contribution in [0.15, 0.2) is 66.4 Å². The number of fused-ring (bicyclic) bond motifs is 3. The maximum atomic E-state index is 11.5. The summed E-state index contributed by atoms with van der Waals surface area (Å²) in [5.41, 5.74) is 2.29. The number of hydrogen-bond acceptors (Lipinski definition) is 4. The fourth-order valence-corrected chi connectivity index (χ4v) is 5.61. The quantitative estimate of drug-likeness (QED) is 0.0764. The Bertz CT molecular complexity index is 1490. The van der Waals surface area contributed by atoms with E-state index in [0.717, 1.165) is 28.0 Å². The molecular weight excluding hydrogens is 677 g/mol. The molecule has 1 aromatic heterocycles. The second-order valence-electron chi connectivity index (χ2n) is 12.9. The monoisotopic (exact) mass is 718 g/mol. The van der Waals surface area contributed by atoms with Gasteiger partial charge in [-0.25, -0.2) is 4.98 Å². The van der Waals surface area contributed by atoms with Crippen LogP contribution >= 0.6 is 0 Å². The van der Waals surface area contributed by atoms with Crippen molar-refractivity contribution in [3.8, 4) is 11.3 Å². The number of aryl methyl sites for hydroxylation is 1. The molecule has 0 amide bonds. The normalized spacial score (nSPS) is 12.5. The van der Waals surface area contributed by atoms with Gasteiger partial charge in [0.15, 0.2) is 5.78 Å². The van der Waals surface area contributed by atoms with Crippen LogP contribution in [0.3, 0.4) is 0 Å². The first-order valence-corrected chi connectivity index (χ1v) is 16.6. The number of benzene rings is 3. The number of allylic oxidation sites excluding steroid dienone is 2. The summed E-state index contributed by atoms with van der Waals surface area (Å²) in [5, 5.41) is 14.7. The third kappa shape index (κ3) is 7.94. The summed E-state index contributed by atoms with van der Waals surface area (Å²) in [7, 11) is -1.50. The molecule has 0 fully saturated rings. The van der Waals surface area contributed by atoms with Crippen molar-refractivity contribution in [1.29, 1.82) is 0 Å². The van der Waals surface area contributed by atoms with E-state index in [9.17, 15) is 9.90 Å². The first-order chi connectivity index (χ1) is 17.5. The van der Waals surface area contributed by atoms with E-state index in [1.54, 1.807) is 0 Å². The fourth-order valence-electron chi connectivity index (χ4n) is 4.00. The molecule has 4 rings (SSSR count). The Morgan fingerprint density at radius 3 is 2.10 bits per heavy atom. The van der Waals surface area contributed by atoms with Crippen molar-refractivity contribution >= 4 is 40.7 Å². The van der Waals surface area contributed by atoms with Crippen LogP contribution in [-0.2, 0) is 24.9 Å². The van der Waals surface area contributed by atoms with E-state index in [0.29, 0.717) is 0 Å². The van der Waals surface area contributed by atoms with Gasteiger partial charge in [-0.1, -0.05) is 96.7 Å². The smallest absolute Gasteiger partial charge is 0.164 e. The summed E-state index contributed by atoms with van der Waals surface area (Å²) in [6.07, 6.45) is 1.33. The second-order valence-corrected chi connectivity index (χ2v) is 17.9. The number of rotatable bonds is 3. The largest absolute Gasteiger partial charge is 0.512 e. The van der Waals surface area contributed by atoms with Gasteiger partial charge in [-0.2, -0.15) is 0 Å². The van der Waals surface area contributed by atoms with Crippen LogP contribution in [0.25, 0.3) is 32.9 Å². The van der Waals surface area contributed by atoms with E-state index < -0.39 is 13.5 Å². The van der Waals surface area contributed by atoms with Crippen LogP contribution in [0.4, 0.5) is 0 Å². The molecule has 0 aliphatic heterocycles. The standard InChI is InChI=1S/C22H21N2Si.C11H20O2.Ir/c1-15-23-21(17-9-6-5-7-10-17)18-14-13-16-11-8-12-19(25(2,3)4)20(16)22(18)24-15;1-10(2,3)8(12)7-9(13)11(4,5)6;/h5-9,11-14H,1-4H3;7,12H,1-6H3;/q-1;;/b;8-7-;. The average Bonchev–Trinajstić information content (AvgIpc) is 2.82. The van der Waals surface area contributed by atoms with Gasteiger partial charge in [-0.15, -0.1) is 35.9 Å². The molecule has 0 aliphatic rings. The first-order valence-electron chi connectivity index (χ1n) is 13.1. The maximum absolute atomic E-state index is 11.5.